The molecule has 1 aromatic carbocycles. The van der Waals surface area contributed by atoms with E-state index in [1.807, 2.05) is 36.6 Å². The zero-order valence-electron chi connectivity index (χ0n) is 18.3. The lowest BCUT2D eigenvalue weighted by Gasteiger charge is -2.29. The van der Waals surface area contributed by atoms with Crippen molar-refractivity contribution < 1.29 is 14.3 Å². The van der Waals surface area contributed by atoms with E-state index in [-0.39, 0.29) is 12.5 Å². The summed E-state index contributed by atoms with van der Waals surface area (Å²) in [6, 6.07) is 6.11. The van der Waals surface area contributed by atoms with Crippen molar-refractivity contribution in [2.75, 3.05) is 12.9 Å². The number of aromatic nitrogens is 3. The number of methoxy groups -OCH3 is 1. The fraction of sp³-hybridized carbons (Fsp3) is 0.591. The highest BCUT2D eigenvalue weighted by Crippen LogP contribution is 2.29. The average Bonchev–Trinajstić information content (AvgIpc) is 3.14. The minimum atomic E-state index is 0.0617. The highest BCUT2D eigenvalue weighted by Gasteiger charge is 2.23. The molecule has 1 amide bonds. The van der Waals surface area contributed by atoms with Gasteiger partial charge in [0.25, 0.3) is 0 Å². The molecule has 1 fully saturated rings. The molecule has 8 heteroatoms. The molecule has 0 aliphatic heterocycles. The van der Waals surface area contributed by atoms with Crippen LogP contribution in [0.4, 0.5) is 0 Å². The van der Waals surface area contributed by atoms with E-state index in [0.29, 0.717) is 35.8 Å². The first-order valence-electron chi connectivity index (χ1n) is 10.6. The molecule has 1 heterocycles. The molecule has 1 saturated carbocycles. The summed E-state index contributed by atoms with van der Waals surface area (Å²) in [6.45, 7) is 7.26. The summed E-state index contributed by atoms with van der Waals surface area (Å²) in [6.07, 6.45) is 4.73. The SMILES string of the molecule is CCn1c(COc2ccc(C)cc2OC)nnc1SCC(=O)NC1CCCCC1C. The smallest absolute Gasteiger partial charge is 0.230 e. The van der Waals surface area contributed by atoms with Gasteiger partial charge in [-0.25, -0.2) is 0 Å². The molecule has 0 radical (unpaired) electrons. The third kappa shape index (κ3) is 5.68. The summed E-state index contributed by atoms with van der Waals surface area (Å²) in [7, 11) is 1.63. The van der Waals surface area contributed by atoms with Gasteiger partial charge in [-0.1, -0.05) is 37.6 Å². The number of benzene rings is 1. The lowest BCUT2D eigenvalue weighted by Crippen LogP contribution is -2.41. The number of aryl methyl sites for hydroxylation is 1. The van der Waals surface area contributed by atoms with Crippen molar-refractivity contribution in [1.29, 1.82) is 0 Å². The van der Waals surface area contributed by atoms with Crippen LogP contribution in [-0.2, 0) is 17.9 Å². The minimum Gasteiger partial charge on any atom is -0.493 e. The maximum absolute atomic E-state index is 12.4. The van der Waals surface area contributed by atoms with Crippen LogP contribution in [0.15, 0.2) is 23.4 Å². The summed E-state index contributed by atoms with van der Waals surface area (Å²) in [4.78, 5) is 12.4. The fourth-order valence-electron chi connectivity index (χ4n) is 3.80. The number of nitrogens with zero attached hydrogens (tertiary/aromatic N) is 3. The van der Waals surface area contributed by atoms with Crippen LogP contribution in [0.5, 0.6) is 11.5 Å². The third-order valence-corrected chi connectivity index (χ3v) is 6.54. The van der Waals surface area contributed by atoms with Crippen molar-refractivity contribution in [1.82, 2.24) is 20.1 Å². The Labute approximate surface area is 182 Å². The third-order valence-electron chi connectivity index (χ3n) is 5.58. The molecular weight excluding hydrogens is 400 g/mol. The van der Waals surface area contributed by atoms with Crippen LogP contribution < -0.4 is 14.8 Å². The van der Waals surface area contributed by atoms with Crippen LogP contribution in [0.3, 0.4) is 0 Å². The molecule has 1 aliphatic carbocycles. The Bertz CT molecular complexity index is 855. The Morgan fingerprint density at radius 2 is 2.07 bits per heavy atom. The van der Waals surface area contributed by atoms with Crippen molar-refractivity contribution in [2.45, 2.75) is 70.8 Å². The molecule has 0 spiro atoms. The van der Waals surface area contributed by atoms with E-state index >= 15 is 0 Å². The summed E-state index contributed by atoms with van der Waals surface area (Å²) in [5, 5.41) is 12.5. The highest BCUT2D eigenvalue weighted by atomic mass is 32.2. The number of amides is 1. The van der Waals surface area contributed by atoms with Gasteiger partial charge in [0.2, 0.25) is 5.91 Å². The molecule has 1 aliphatic rings. The monoisotopic (exact) mass is 432 g/mol. The number of nitrogens with one attached hydrogen (secondary N) is 1. The molecule has 3 rings (SSSR count). The fourth-order valence-corrected chi connectivity index (χ4v) is 4.63. The minimum absolute atomic E-state index is 0.0617. The quantitative estimate of drug-likeness (QED) is 0.604. The molecule has 2 atom stereocenters. The van der Waals surface area contributed by atoms with Gasteiger partial charge < -0.3 is 19.4 Å². The van der Waals surface area contributed by atoms with Crippen molar-refractivity contribution in [3.05, 3.63) is 29.6 Å². The van der Waals surface area contributed by atoms with Gasteiger partial charge in [-0.15, -0.1) is 10.2 Å². The van der Waals surface area contributed by atoms with Crippen molar-refractivity contribution in [2.24, 2.45) is 5.92 Å². The summed E-state index contributed by atoms with van der Waals surface area (Å²) in [5.74, 6) is 3.04. The average molecular weight is 433 g/mol. The molecule has 0 bridgehead atoms. The van der Waals surface area contributed by atoms with E-state index in [1.54, 1.807) is 7.11 Å². The number of carbonyl (C=O) groups excluding carboxylic acids is 1. The van der Waals surface area contributed by atoms with Crippen molar-refractivity contribution in [3.8, 4) is 11.5 Å². The maximum atomic E-state index is 12.4. The Kier molecular flexibility index (Phi) is 8.01. The first kappa shape index (κ1) is 22.5. The van der Waals surface area contributed by atoms with Crippen molar-refractivity contribution >= 4 is 17.7 Å². The van der Waals surface area contributed by atoms with Gasteiger partial charge in [0, 0.05) is 12.6 Å². The standard InChI is InChI=1S/C22H32N4O3S/c1-5-26-20(13-29-18-11-10-15(2)12-19(18)28-4)24-25-22(26)30-14-21(27)23-17-9-7-6-8-16(17)3/h10-12,16-17H,5-9,13-14H2,1-4H3,(H,23,27). The molecule has 1 aromatic heterocycles. The molecular formula is C22H32N4O3S. The zero-order chi connectivity index (χ0) is 21.5. The first-order chi connectivity index (χ1) is 14.5. The number of hydrogen-bond acceptors (Lipinski definition) is 6. The predicted molar refractivity (Wildman–Crippen MR) is 118 cm³/mol. The largest absolute Gasteiger partial charge is 0.493 e. The van der Waals surface area contributed by atoms with E-state index in [4.69, 9.17) is 9.47 Å². The van der Waals surface area contributed by atoms with Gasteiger partial charge >= 0.3 is 0 Å². The topological polar surface area (TPSA) is 78.3 Å². The normalized spacial score (nSPS) is 18.8. The molecule has 2 unspecified atom stereocenters. The van der Waals surface area contributed by atoms with Crippen LogP contribution in [0.2, 0.25) is 0 Å². The maximum Gasteiger partial charge on any atom is 0.230 e. The first-order valence-corrected chi connectivity index (χ1v) is 11.6. The Morgan fingerprint density at radius 3 is 2.80 bits per heavy atom. The lowest BCUT2D eigenvalue weighted by atomic mass is 9.86. The van der Waals surface area contributed by atoms with Gasteiger partial charge in [-0.2, -0.15) is 0 Å². The Morgan fingerprint density at radius 1 is 1.27 bits per heavy atom. The summed E-state index contributed by atoms with van der Waals surface area (Å²) in [5.41, 5.74) is 1.11. The van der Waals surface area contributed by atoms with E-state index < -0.39 is 0 Å². The van der Waals surface area contributed by atoms with Gasteiger partial charge in [-0.05, 0) is 50.3 Å². The van der Waals surface area contributed by atoms with E-state index in [1.165, 1.54) is 31.0 Å². The van der Waals surface area contributed by atoms with Crippen LogP contribution in [0, 0.1) is 12.8 Å². The second kappa shape index (κ2) is 10.7. The number of carbonyl (C=O) groups is 1. The molecule has 30 heavy (non-hydrogen) atoms. The Balaban J connectivity index is 1.57. The van der Waals surface area contributed by atoms with Crippen LogP contribution >= 0.6 is 11.8 Å². The van der Waals surface area contributed by atoms with Gasteiger partial charge in [0.05, 0.1) is 12.9 Å². The lowest BCUT2D eigenvalue weighted by molar-refractivity contribution is -0.119. The van der Waals surface area contributed by atoms with Crippen LogP contribution in [0.25, 0.3) is 0 Å². The van der Waals surface area contributed by atoms with Crippen LogP contribution in [-0.4, -0.2) is 39.6 Å². The zero-order valence-corrected chi connectivity index (χ0v) is 19.1. The number of thioether (sulfide) groups is 1. The molecule has 1 N–H and O–H groups in total. The van der Waals surface area contributed by atoms with Crippen LogP contribution in [0.1, 0.15) is 50.9 Å². The Hall–Kier alpha value is -2.22. The van der Waals surface area contributed by atoms with E-state index in [9.17, 15) is 4.79 Å². The number of ether oxygens (including phenoxy) is 2. The molecule has 2 aromatic rings. The predicted octanol–water partition coefficient (Wildman–Crippen LogP) is 3.98. The number of rotatable bonds is 9. The molecule has 7 nitrogen and oxygen atoms in total. The molecule has 164 valence electrons. The van der Waals surface area contributed by atoms with E-state index in [2.05, 4.69) is 22.4 Å². The van der Waals surface area contributed by atoms with Gasteiger partial charge in [-0.3, -0.25) is 4.79 Å². The second-order valence-electron chi connectivity index (χ2n) is 7.81. The molecule has 0 saturated heterocycles. The second-order valence-corrected chi connectivity index (χ2v) is 8.75. The highest BCUT2D eigenvalue weighted by molar-refractivity contribution is 7.99. The van der Waals surface area contributed by atoms with Gasteiger partial charge in [0.15, 0.2) is 22.5 Å². The number of hydrogen-bond donors (Lipinski definition) is 1. The summed E-state index contributed by atoms with van der Waals surface area (Å²) < 4.78 is 13.3. The van der Waals surface area contributed by atoms with Crippen molar-refractivity contribution in [3.63, 3.8) is 0 Å². The van der Waals surface area contributed by atoms with E-state index in [0.717, 1.165) is 23.0 Å². The van der Waals surface area contributed by atoms with Gasteiger partial charge in [0.1, 0.15) is 6.61 Å². The summed E-state index contributed by atoms with van der Waals surface area (Å²) >= 11 is 1.42.